The Bertz CT molecular complexity index is 883. The molecule has 23 heavy (non-hydrogen) atoms. The molecule has 0 fully saturated rings. The molecule has 112 valence electrons. The van der Waals surface area contributed by atoms with E-state index in [2.05, 4.69) is 0 Å². The summed E-state index contributed by atoms with van der Waals surface area (Å²) in [6.07, 6.45) is 1.87. The van der Waals surface area contributed by atoms with E-state index in [4.69, 9.17) is 10.00 Å². The van der Waals surface area contributed by atoms with Crippen LogP contribution in [0.4, 0.5) is 0 Å². The summed E-state index contributed by atoms with van der Waals surface area (Å²) >= 11 is 0. The molecule has 4 nitrogen and oxygen atoms in total. The van der Waals surface area contributed by atoms with Crippen molar-refractivity contribution in [3.05, 3.63) is 78.1 Å². The minimum Gasteiger partial charge on any atom is -0.442 e. The van der Waals surface area contributed by atoms with Crippen LogP contribution in [-0.4, -0.2) is 12.6 Å². The van der Waals surface area contributed by atoms with Gasteiger partial charge in [-0.2, -0.15) is 9.83 Å². The molecule has 0 N–H and O–H groups in total. The molecule has 0 aliphatic carbocycles. The maximum absolute atomic E-state index is 12.4. The van der Waals surface area contributed by atoms with Gasteiger partial charge in [-0.05, 0) is 11.5 Å². The lowest BCUT2D eigenvalue weighted by molar-refractivity contribution is -0.689. The predicted octanol–water partition coefficient (Wildman–Crippen LogP) is 2.86. The molecule has 0 unspecified atom stereocenters. The summed E-state index contributed by atoms with van der Waals surface area (Å²) in [5.74, 6) is -0.487. The van der Waals surface area contributed by atoms with Crippen LogP contribution >= 0.6 is 0 Å². The zero-order valence-corrected chi connectivity index (χ0v) is 12.5. The minimum absolute atomic E-state index is 0.257. The van der Waals surface area contributed by atoms with Gasteiger partial charge in [-0.15, -0.1) is 0 Å². The van der Waals surface area contributed by atoms with Crippen molar-refractivity contribution < 1.29 is 14.1 Å². The van der Waals surface area contributed by atoms with E-state index in [1.54, 1.807) is 0 Å². The van der Waals surface area contributed by atoms with Gasteiger partial charge in [-0.3, -0.25) is 0 Å². The largest absolute Gasteiger partial charge is 0.442 e. The molecule has 0 amide bonds. The summed E-state index contributed by atoms with van der Waals surface area (Å²) in [4.78, 5) is 12.4. The summed E-state index contributed by atoms with van der Waals surface area (Å²) in [7, 11) is 0. The molecule has 0 aliphatic heterocycles. The van der Waals surface area contributed by atoms with Gasteiger partial charge in [0, 0.05) is 11.6 Å². The van der Waals surface area contributed by atoms with Crippen molar-refractivity contribution in [1.82, 2.24) is 0 Å². The number of hydrogen-bond acceptors (Lipinski definition) is 3. The molecule has 3 rings (SSSR count). The number of pyridine rings is 1. The number of benzene rings is 2. The molecule has 0 spiro atoms. The molecular weight excluding hydrogens is 288 g/mol. The lowest BCUT2D eigenvalue weighted by Gasteiger charge is -2.07. The maximum Gasteiger partial charge on any atom is 0.405 e. The van der Waals surface area contributed by atoms with Crippen LogP contribution in [0.5, 0.6) is 0 Å². The Morgan fingerprint density at radius 3 is 2.57 bits per heavy atom. The van der Waals surface area contributed by atoms with Gasteiger partial charge in [-0.25, -0.2) is 4.79 Å². The average Bonchev–Trinajstić information content (AvgIpc) is 2.60. The van der Waals surface area contributed by atoms with Crippen LogP contribution in [0.1, 0.15) is 16.1 Å². The molecule has 0 radical (unpaired) electrons. The summed E-state index contributed by atoms with van der Waals surface area (Å²) in [6, 6.07) is 21.3. The maximum atomic E-state index is 12.4. The van der Waals surface area contributed by atoms with Crippen molar-refractivity contribution in [3.63, 3.8) is 0 Å². The van der Waals surface area contributed by atoms with Crippen LogP contribution in [0.25, 0.3) is 10.8 Å². The number of aromatic nitrogens is 1. The van der Waals surface area contributed by atoms with E-state index in [1.807, 2.05) is 77.5 Å². The molecule has 1 heterocycles. The number of fused-ring (bicyclic) bond motifs is 1. The van der Waals surface area contributed by atoms with Gasteiger partial charge in [0.1, 0.15) is 6.07 Å². The van der Waals surface area contributed by atoms with Crippen LogP contribution in [0.3, 0.4) is 0 Å². The fraction of sp³-hybridized carbons (Fsp3) is 0.105. The van der Waals surface area contributed by atoms with E-state index in [9.17, 15) is 4.79 Å². The van der Waals surface area contributed by atoms with E-state index in [0.717, 1.165) is 16.3 Å². The van der Waals surface area contributed by atoms with Gasteiger partial charge in [0.2, 0.25) is 0 Å². The van der Waals surface area contributed by atoms with Gasteiger partial charge >= 0.3 is 5.97 Å². The fourth-order valence-corrected chi connectivity index (χ4v) is 2.56. The highest BCUT2D eigenvalue weighted by molar-refractivity contribution is 6.01. The summed E-state index contributed by atoms with van der Waals surface area (Å²) in [6.45, 7) is 0.302. The van der Waals surface area contributed by atoms with Crippen molar-refractivity contribution in [3.8, 4) is 6.07 Å². The molecule has 0 atom stereocenters. The highest BCUT2D eigenvalue weighted by atomic mass is 16.5. The van der Waals surface area contributed by atoms with Crippen molar-refractivity contribution in [2.45, 2.75) is 6.54 Å². The van der Waals surface area contributed by atoms with Crippen molar-refractivity contribution in [2.24, 2.45) is 0 Å². The Hall–Kier alpha value is -3.19. The van der Waals surface area contributed by atoms with Crippen LogP contribution < -0.4 is 4.57 Å². The predicted molar refractivity (Wildman–Crippen MR) is 85.6 cm³/mol. The van der Waals surface area contributed by atoms with Crippen LogP contribution in [0.2, 0.25) is 0 Å². The number of nitrogens with zero attached hydrogens (tertiary/aromatic N) is 2. The quantitative estimate of drug-likeness (QED) is 0.550. The van der Waals surface area contributed by atoms with Crippen LogP contribution in [-0.2, 0) is 11.3 Å². The Kier molecular flexibility index (Phi) is 4.30. The molecule has 0 aliphatic rings. The minimum atomic E-state index is -0.487. The lowest BCUT2D eigenvalue weighted by atomic mass is 10.1. The van der Waals surface area contributed by atoms with E-state index in [0.29, 0.717) is 12.2 Å². The second-order valence-electron chi connectivity index (χ2n) is 5.10. The van der Waals surface area contributed by atoms with Gasteiger partial charge < -0.3 is 4.74 Å². The highest BCUT2D eigenvalue weighted by Gasteiger charge is 2.24. The first-order chi connectivity index (χ1) is 11.3. The van der Waals surface area contributed by atoms with Crippen molar-refractivity contribution >= 4 is 16.7 Å². The number of ether oxygens (including phenoxy) is 1. The molecule has 4 heteroatoms. The Balaban J connectivity index is 2.09. The number of carbonyl (C=O) groups excluding carboxylic acids is 1. The second-order valence-corrected chi connectivity index (χ2v) is 5.10. The smallest absolute Gasteiger partial charge is 0.405 e. The third-order valence-electron chi connectivity index (χ3n) is 3.59. The average molecular weight is 303 g/mol. The van der Waals surface area contributed by atoms with Gasteiger partial charge in [-0.1, -0.05) is 48.5 Å². The number of rotatable bonds is 4. The van der Waals surface area contributed by atoms with E-state index < -0.39 is 5.97 Å². The van der Waals surface area contributed by atoms with E-state index in [-0.39, 0.29) is 6.61 Å². The highest BCUT2D eigenvalue weighted by Crippen LogP contribution is 2.16. The van der Waals surface area contributed by atoms with Gasteiger partial charge in [0.25, 0.3) is 5.69 Å². The Morgan fingerprint density at radius 2 is 1.78 bits per heavy atom. The normalized spacial score (nSPS) is 10.2. The molecule has 3 aromatic rings. The standard InChI is InChI=1S/C19H15N2O2/c20-11-13-23-19(22)18-17-9-5-4-8-16(17)10-12-21(18)14-15-6-2-1-3-7-15/h1-10,12H,13-14H2/q+1. The summed E-state index contributed by atoms with van der Waals surface area (Å²) in [5, 5.41) is 10.4. The van der Waals surface area contributed by atoms with E-state index in [1.165, 1.54) is 0 Å². The van der Waals surface area contributed by atoms with Gasteiger partial charge in [0.05, 0.1) is 5.39 Å². The lowest BCUT2D eigenvalue weighted by Crippen LogP contribution is -2.41. The summed E-state index contributed by atoms with van der Waals surface area (Å²) < 4.78 is 6.90. The first kappa shape index (κ1) is 14.7. The fourth-order valence-electron chi connectivity index (χ4n) is 2.56. The number of carbonyl (C=O) groups is 1. The Labute approximate surface area is 134 Å². The number of hydrogen-bond donors (Lipinski definition) is 0. The Morgan fingerprint density at radius 1 is 1.04 bits per heavy atom. The summed E-state index contributed by atoms with van der Waals surface area (Å²) in [5.41, 5.74) is 1.55. The monoisotopic (exact) mass is 303 g/mol. The zero-order chi connectivity index (χ0) is 16.1. The number of esters is 1. The molecule has 0 saturated heterocycles. The topological polar surface area (TPSA) is 54.0 Å². The zero-order valence-electron chi connectivity index (χ0n) is 12.5. The molecule has 2 aromatic carbocycles. The molecule has 0 bridgehead atoms. The van der Waals surface area contributed by atoms with Gasteiger partial charge in [0.15, 0.2) is 19.3 Å². The molecular formula is C19H15N2O2+. The second kappa shape index (κ2) is 6.71. The third-order valence-corrected chi connectivity index (χ3v) is 3.59. The van der Waals surface area contributed by atoms with E-state index >= 15 is 0 Å². The van der Waals surface area contributed by atoms with Crippen molar-refractivity contribution in [1.29, 1.82) is 5.26 Å². The first-order valence-electron chi connectivity index (χ1n) is 7.29. The van der Waals surface area contributed by atoms with Crippen molar-refractivity contribution in [2.75, 3.05) is 6.61 Å². The third kappa shape index (κ3) is 3.19. The van der Waals surface area contributed by atoms with Crippen LogP contribution in [0.15, 0.2) is 66.9 Å². The molecule has 1 aromatic heterocycles. The SMILES string of the molecule is N#CCOC(=O)c1c2ccccc2cc[n+]1Cc1ccccc1. The molecule has 0 saturated carbocycles. The number of nitriles is 1. The first-order valence-corrected chi connectivity index (χ1v) is 7.29. The van der Waals surface area contributed by atoms with Crippen LogP contribution in [0, 0.1) is 11.3 Å².